The van der Waals surface area contributed by atoms with Crippen molar-refractivity contribution in [2.45, 2.75) is 12.4 Å². The van der Waals surface area contributed by atoms with E-state index in [0.717, 1.165) is 7.11 Å². The normalized spacial score (nSPS) is 12.6. The highest BCUT2D eigenvalue weighted by Crippen LogP contribution is 2.42. The molecule has 0 aliphatic carbocycles. The Kier molecular flexibility index (Phi) is 3.17. The standard InChI is InChI=1S/C9H7F6NO/c1-17-6-3-4(8(10,11)12)2-5(7(6)16)9(13,14)15/h2-3H,16H2,1H3. The molecule has 0 bridgehead atoms. The van der Waals surface area contributed by atoms with Crippen molar-refractivity contribution in [3.63, 3.8) is 0 Å². The first-order chi connectivity index (χ1) is 7.57. The van der Waals surface area contributed by atoms with Crippen molar-refractivity contribution in [2.24, 2.45) is 0 Å². The van der Waals surface area contributed by atoms with Crippen molar-refractivity contribution < 1.29 is 31.1 Å². The molecule has 0 fully saturated rings. The number of anilines is 1. The molecule has 0 heterocycles. The van der Waals surface area contributed by atoms with E-state index in [1.54, 1.807) is 0 Å². The second-order valence-electron chi connectivity index (χ2n) is 3.14. The van der Waals surface area contributed by atoms with E-state index in [1.807, 2.05) is 0 Å². The second-order valence-corrected chi connectivity index (χ2v) is 3.14. The molecule has 0 spiro atoms. The van der Waals surface area contributed by atoms with E-state index in [4.69, 9.17) is 5.73 Å². The molecule has 1 aromatic rings. The zero-order chi connectivity index (χ0) is 13.4. The van der Waals surface area contributed by atoms with Crippen LogP contribution < -0.4 is 10.5 Å². The average Bonchev–Trinajstić information content (AvgIpc) is 2.14. The summed E-state index contributed by atoms with van der Waals surface area (Å²) in [5, 5.41) is 0. The lowest BCUT2D eigenvalue weighted by Gasteiger charge is -2.16. The smallest absolute Gasteiger partial charge is 0.418 e. The molecule has 2 nitrogen and oxygen atoms in total. The van der Waals surface area contributed by atoms with Crippen molar-refractivity contribution in [1.82, 2.24) is 0 Å². The van der Waals surface area contributed by atoms with Gasteiger partial charge < -0.3 is 10.5 Å². The maximum absolute atomic E-state index is 12.4. The molecule has 0 saturated carbocycles. The van der Waals surface area contributed by atoms with E-state index >= 15 is 0 Å². The van der Waals surface area contributed by atoms with Crippen LogP contribution in [0.4, 0.5) is 32.0 Å². The Hall–Kier alpha value is -1.60. The summed E-state index contributed by atoms with van der Waals surface area (Å²) >= 11 is 0. The number of rotatable bonds is 1. The van der Waals surface area contributed by atoms with Crippen LogP contribution in [0, 0.1) is 0 Å². The third-order valence-electron chi connectivity index (χ3n) is 1.99. The molecule has 96 valence electrons. The van der Waals surface area contributed by atoms with Crippen molar-refractivity contribution >= 4 is 5.69 Å². The zero-order valence-electron chi connectivity index (χ0n) is 8.41. The minimum atomic E-state index is -4.97. The van der Waals surface area contributed by atoms with Gasteiger partial charge in [0.1, 0.15) is 5.75 Å². The van der Waals surface area contributed by atoms with Gasteiger partial charge in [-0.1, -0.05) is 0 Å². The van der Waals surface area contributed by atoms with Gasteiger partial charge in [0, 0.05) is 0 Å². The van der Waals surface area contributed by atoms with Crippen LogP contribution in [-0.4, -0.2) is 7.11 Å². The van der Waals surface area contributed by atoms with E-state index in [2.05, 4.69) is 4.74 Å². The van der Waals surface area contributed by atoms with E-state index in [1.165, 1.54) is 0 Å². The number of nitrogen functional groups attached to an aromatic ring is 1. The summed E-state index contributed by atoms with van der Waals surface area (Å²) in [6.07, 6.45) is -9.88. The number of hydrogen-bond donors (Lipinski definition) is 1. The lowest BCUT2D eigenvalue weighted by molar-refractivity contribution is -0.142. The largest absolute Gasteiger partial charge is 0.495 e. The highest BCUT2D eigenvalue weighted by atomic mass is 19.4. The van der Waals surface area contributed by atoms with Crippen LogP contribution in [0.5, 0.6) is 5.75 Å². The molecule has 8 heteroatoms. The van der Waals surface area contributed by atoms with Gasteiger partial charge in [0.25, 0.3) is 0 Å². The lowest BCUT2D eigenvalue weighted by atomic mass is 10.1. The Balaban J connectivity index is 3.50. The first-order valence-corrected chi connectivity index (χ1v) is 4.19. The molecule has 0 aliphatic heterocycles. The van der Waals surface area contributed by atoms with E-state index in [-0.39, 0.29) is 6.07 Å². The Labute approximate surface area is 92.0 Å². The van der Waals surface area contributed by atoms with E-state index in [0.29, 0.717) is 6.07 Å². The van der Waals surface area contributed by atoms with Gasteiger partial charge in [0.05, 0.1) is 23.9 Å². The molecule has 2 N–H and O–H groups in total. The predicted molar refractivity (Wildman–Crippen MR) is 47.4 cm³/mol. The molecular weight excluding hydrogens is 252 g/mol. The summed E-state index contributed by atoms with van der Waals surface area (Å²) in [5.74, 6) is -0.660. The Morgan fingerprint density at radius 1 is 1.00 bits per heavy atom. The van der Waals surface area contributed by atoms with Crippen LogP contribution in [0.1, 0.15) is 11.1 Å². The summed E-state index contributed by atoms with van der Waals surface area (Å²) in [5.41, 5.74) is 1.18. The highest BCUT2D eigenvalue weighted by Gasteiger charge is 2.39. The van der Waals surface area contributed by atoms with Crippen LogP contribution in [0.2, 0.25) is 0 Å². The summed E-state index contributed by atoms with van der Waals surface area (Å²) in [4.78, 5) is 0. The Morgan fingerprint density at radius 3 is 1.88 bits per heavy atom. The maximum Gasteiger partial charge on any atom is 0.418 e. The van der Waals surface area contributed by atoms with Gasteiger partial charge in [0.2, 0.25) is 0 Å². The number of alkyl halides is 6. The molecule has 0 saturated heterocycles. The fourth-order valence-corrected chi connectivity index (χ4v) is 1.19. The van der Waals surface area contributed by atoms with Gasteiger partial charge >= 0.3 is 12.4 Å². The molecule has 0 aromatic heterocycles. The third kappa shape index (κ3) is 2.75. The monoisotopic (exact) mass is 259 g/mol. The fraction of sp³-hybridized carbons (Fsp3) is 0.333. The zero-order valence-corrected chi connectivity index (χ0v) is 8.41. The maximum atomic E-state index is 12.4. The van der Waals surface area contributed by atoms with E-state index in [9.17, 15) is 26.3 Å². The molecule has 1 rings (SSSR count). The predicted octanol–water partition coefficient (Wildman–Crippen LogP) is 3.32. The van der Waals surface area contributed by atoms with Crippen molar-refractivity contribution in [2.75, 3.05) is 12.8 Å². The molecule has 17 heavy (non-hydrogen) atoms. The minimum Gasteiger partial charge on any atom is -0.495 e. The number of nitrogens with two attached hydrogens (primary N) is 1. The number of halogens is 6. The van der Waals surface area contributed by atoms with Crippen LogP contribution in [0.3, 0.4) is 0 Å². The molecule has 0 aliphatic rings. The molecule has 0 atom stereocenters. The topological polar surface area (TPSA) is 35.2 Å². The molecule has 0 amide bonds. The van der Waals surface area contributed by atoms with Crippen LogP contribution in [-0.2, 0) is 12.4 Å². The molecular formula is C9H7F6NO. The Bertz CT molecular complexity index is 423. The van der Waals surface area contributed by atoms with Crippen LogP contribution in [0.15, 0.2) is 12.1 Å². The van der Waals surface area contributed by atoms with Gasteiger partial charge in [-0.05, 0) is 12.1 Å². The van der Waals surface area contributed by atoms with Crippen LogP contribution in [0.25, 0.3) is 0 Å². The van der Waals surface area contributed by atoms with Crippen molar-refractivity contribution in [3.8, 4) is 5.75 Å². The summed E-state index contributed by atoms with van der Waals surface area (Å²) < 4.78 is 78.7. The summed E-state index contributed by atoms with van der Waals surface area (Å²) in [6, 6.07) is 0.377. The number of hydrogen-bond acceptors (Lipinski definition) is 2. The van der Waals surface area contributed by atoms with Gasteiger partial charge in [-0.15, -0.1) is 0 Å². The van der Waals surface area contributed by atoms with Gasteiger partial charge in [-0.2, -0.15) is 26.3 Å². The molecule has 0 unspecified atom stereocenters. The summed E-state index contributed by atoms with van der Waals surface area (Å²) in [6.45, 7) is 0. The molecule has 0 radical (unpaired) electrons. The summed E-state index contributed by atoms with van der Waals surface area (Å²) in [7, 11) is 0.937. The van der Waals surface area contributed by atoms with Gasteiger partial charge in [-0.3, -0.25) is 0 Å². The quantitative estimate of drug-likeness (QED) is 0.620. The Morgan fingerprint density at radius 2 is 1.53 bits per heavy atom. The van der Waals surface area contributed by atoms with E-state index < -0.39 is 34.9 Å². The van der Waals surface area contributed by atoms with Crippen LogP contribution >= 0.6 is 0 Å². The number of methoxy groups -OCH3 is 1. The minimum absolute atomic E-state index is 0.0438. The SMILES string of the molecule is COc1cc(C(F)(F)F)cc(C(F)(F)F)c1N. The van der Waals surface area contributed by atoms with Crippen molar-refractivity contribution in [1.29, 1.82) is 0 Å². The highest BCUT2D eigenvalue weighted by molar-refractivity contribution is 5.61. The lowest BCUT2D eigenvalue weighted by Crippen LogP contribution is -2.14. The van der Waals surface area contributed by atoms with Crippen molar-refractivity contribution in [3.05, 3.63) is 23.3 Å². The van der Waals surface area contributed by atoms with Gasteiger partial charge in [-0.25, -0.2) is 0 Å². The fourth-order valence-electron chi connectivity index (χ4n) is 1.19. The first kappa shape index (κ1) is 13.5. The average molecular weight is 259 g/mol. The second kappa shape index (κ2) is 4.01. The van der Waals surface area contributed by atoms with Gasteiger partial charge in [0.15, 0.2) is 0 Å². The number of benzene rings is 1. The molecule has 1 aromatic carbocycles. The number of ether oxygens (including phenoxy) is 1. The third-order valence-corrected chi connectivity index (χ3v) is 1.99. The first-order valence-electron chi connectivity index (χ1n) is 4.19.